The third-order valence-electron chi connectivity index (χ3n) is 4.94. The van der Waals surface area contributed by atoms with E-state index in [1.165, 1.54) is 31.2 Å². The molecule has 2 rings (SSSR count). The number of hydrogen-bond donors (Lipinski definition) is 0. The molecule has 0 atom stereocenters. The first-order chi connectivity index (χ1) is 10.6. The van der Waals surface area contributed by atoms with Crippen molar-refractivity contribution in [3.8, 4) is 0 Å². The van der Waals surface area contributed by atoms with E-state index in [0.29, 0.717) is 19.1 Å². The SMILES string of the molecule is CCN(Cc1ccccc1)C(=O)CN(C)C1CCC(C)CC1. The third kappa shape index (κ3) is 4.84. The molecule has 1 amide bonds. The van der Waals surface area contributed by atoms with Crippen molar-refractivity contribution < 1.29 is 4.79 Å². The summed E-state index contributed by atoms with van der Waals surface area (Å²) in [5.41, 5.74) is 1.20. The van der Waals surface area contributed by atoms with Gasteiger partial charge in [-0.25, -0.2) is 0 Å². The van der Waals surface area contributed by atoms with Gasteiger partial charge in [-0.2, -0.15) is 0 Å². The number of rotatable bonds is 6. The molecule has 1 aromatic carbocycles. The summed E-state index contributed by atoms with van der Waals surface area (Å²) in [6.45, 7) is 6.41. The summed E-state index contributed by atoms with van der Waals surface area (Å²) in [5.74, 6) is 1.10. The van der Waals surface area contributed by atoms with Gasteiger partial charge in [-0.05, 0) is 51.1 Å². The lowest BCUT2D eigenvalue weighted by Gasteiger charge is -2.34. The Morgan fingerprint density at radius 1 is 1.14 bits per heavy atom. The van der Waals surface area contributed by atoms with Crippen LogP contribution in [0.15, 0.2) is 30.3 Å². The van der Waals surface area contributed by atoms with E-state index in [9.17, 15) is 4.79 Å². The van der Waals surface area contributed by atoms with Gasteiger partial charge in [0.1, 0.15) is 0 Å². The van der Waals surface area contributed by atoms with E-state index >= 15 is 0 Å². The molecule has 22 heavy (non-hydrogen) atoms. The molecule has 3 heteroatoms. The number of carbonyl (C=O) groups is 1. The first kappa shape index (κ1) is 17.0. The average molecular weight is 302 g/mol. The maximum atomic E-state index is 12.6. The zero-order valence-electron chi connectivity index (χ0n) is 14.3. The van der Waals surface area contributed by atoms with Crippen molar-refractivity contribution in [2.45, 2.75) is 52.1 Å². The summed E-state index contributed by atoms with van der Waals surface area (Å²) < 4.78 is 0. The van der Waals surface area contributed by atoms with Gasteiger partial charge in [-0.3, -0.25) is 9.69 Å². The molecule has 0 bridgehead atoms. The molecule has 0 unspecified atom stereocenters. The number of benzene rings is 1. The van der Waals surface area contributed by atoms with E-state index in [1.807, 2.05) is 23.1 Å². The second-order valence-electron chi connectivity index (χ2n) is 6.72. The Kier molecular flexibility index (Phi) is 6.44. The van der Waals surface area contributed by atoms with Crippen LogP contribution >= 0.6 is 0 Å². The Labute approximate surface area is 135 Å². The highest BCUT2D eigenvalue weighted by Gasteiger charge is 2.24. The van der Waals surface area contributed by atoms with Crippen LogP contribution < -0.4 is 0 Å². The zero-order chi connectivity index (χ0) is 15.9. The highest BCUT2D eigenvalue weighted by atomic mass is 16.2. The Balaban J connectivity index is 1.86. The molecule has 0 aliphatic heterocycles. The summed E-state index contributed by atoms with van der Waals surface area (Å²) in [6, 6.07) is 10.8. The third-order valence-corrected chi connectivity index (χ3v) is 4.94. The van der Waals surface area contributed by atoms with Crippen LogP contribution in [0.25, 0.3) is 0 Å². The lowest BCUT2D eigenvalue weighted by Crippen LogP contribution is -2.43. The first-order valence-corrected chi connectivity index (χ1v) is 8.62. The maximum Gasteiger partial charge on any atom is 0.237 e. The molecule has 0 radical (unpaired) electrons. The van der Waals surface area contributed by atoms with Gasteiger partial charge in [0.2, 0.25) is 5.91 Å². The normalized spacial score (nSPS) is 21.8. The average Bonchev–Trinajstić information content (AvgIpc) is 2.54. The van der Waals surface area contributed by atoms with Crippen LogP contribution in [0, 0.1) is 5.92 Å². The Hall–Kier alpha value is -1.35. The monoisotopic (exact) mass is 302 g/mol. The van der Waals surface area contributed by atoms with Crippen LogP contribution in [0.3, 0.4) is 0 Å². The molecule has 1 saturated carbocycles. The summed E-state index contributed by atoms with van der Waals surface area (Å²) in [5, 5.41) is 0. The van der Waals surface area contributed by atoms with Crippen molar-refractivity contribution in [2.24, 2.45) is 5.92 Å². The predicted octanol–water partition coefficient (Wildman–Crippen LogP) is 3.55. The fourth-order valence-electron chi connectivity index (χ4n) is 3.31. The fourth-order valence-corrected chi connectivity index (χ4v) is 3.31. The summed E-state index contributed by atoms with van der Waals surface area (Å²) in [7, 11) is 2.11. The summed E-state index contributed by atoms with van der Waals surface area (Å²) in [4.78, 5) is 16.8. The molecule has 122 valence electrons. The van der Waals surface area contributed by atoms with Crippen LogP contribution in [-0.4, -0.2) is 41.9 Å². The van der Waals surface area contributed by atoms with Crippen LogP contribution in [0.1, 0.15) is 45.1 Å². The molecular weight excluding hydrogens is 272 g/mol. The molecule has 1 aliphatic rings. The Bertz CT molecular complexity index is 452. The molecule has 0 spiro atoms. The van der Waals surface area contributed by atoms with Gasteiger partial charge in [0.25, 0.3) is 0 Å². The van der Waals surface area contributed by atoms with E-state index in [0.717, 1.165) is 12.5 Å². The van der Waals surface area contributed by atoms with Gasteiger partial charge >= 0.3 is 0 Å². The van der Waals surface area contributed by atoms with Gasteiger partial charge in [0.05, 0.1) is 6.54 Å². The quantitative estimate of drug-likeness (QED) is 0.802. The molecule has 3 nitrogen and oxygen atoms in total. The second-order valence-corrected chi connectivity index (χ2v) is 6.72. The molecule has 0 aromatic heterocycles. The molecule has 0 N–H and O–H groups in total. The summed E-state index contributed by atoms with van der Waals surface area (Å²) in [6.07, 6.45) is 5.06. The van der Waals surface area contributed by atoms with E-state index in [4.69, 9.17) is 0 Å². The van der Waals surface area contributed by atoms with Crippen molar-refractivity contribution >= 4 is 5.91 Å². The predicted molar refractivity (Wildman–Crippen MR) is 91.6 cm³/mol. The van der Waals surface area contributed by atoms with E-state index < -0.39 is 0 Å². The standard InChI is InChI=1S/C19H30N2O/c1-4-21(14-17-8-6-5-7-9-17)19(22)15-20(3)18-12-10-16(2)11-13-18/h5-9,16,18H,4,10-15H2,1-3H3. The molecule has 1 fully saturated rings. The first-order valence-electron chi connectivity index (χ1n) is 8.62. The van der Waals surface area contributed by atoms with Gasteiger partial charge in [-0.15, -0.1) is 0 Å². The van der Waals surface area contributed by atoms with Crippen molar-refractivity contribution in [3.63, 3.8) is 0 Å². The molecule has 1 aliphatic carbocycles. The smallest absolute Gasteiger partial charge is 0.237 e. The largest absolute Gasteiger partial charge is 0.338 e. The topological polar surface area (TPSA) is 23.6 Å². The lowest BCUT2D eigenvalue weighted by molar-refractivity contribution is -0.133. The van der Waals surface area contributed by atoms with E-state index in [2.05, 4.69) is 37.9 Å². The Morgan fingerprint density at radius 2 is 1.77 bits per heavy atom. The fraction of sp³-hybridized carbons (Fsp3) is 0.632. The molecule has 1 aromatic rings. The molecule has 0 heterocycles. The van der Waals surface area contributed by atoms with Crippen molar-refractivity contribution in [1.82, 2.24) is 9.80 Å². The number of hydrogen-bond acceptors (Lipinski definition) is 2. The minimum Gasteiger partial charge on any atom is -0.338 e. The van der Waals surface area contributed by atoms with Crippen LogP contribution in [0.4, 0.5) is 0 Å². The molecular formula is C19H30N2O. The minimum atomic E-state index is 0.243. The van der Waals surface area contributed by atoms with Gasteiger partial charge in [-0.1, -0.05) is 37.3 Å². The summed E-state index contributed by atoms with van der Waals surface area (Å²) >= 11 is 0. The maximum absolute atomic E-state index is 12.6. The van der Waals surface area contributed by atoms with Crippen LogP contribution in [-0.2, 0) is 11.3 Å². The number of carbonyl (C=O) groups excluding carboxylic acids is 1. The minimum absolute atomic E-state index is 0.243. The van der Waals surface area contributed by atoms with Gasteiger partial charge < -0.3 is 4.90 Å². The number of nitrogens with zero attached hydrogens (tertiary/aromatic N) is 2. The van der Waals surface area contributed by atoms with Gasteiger partial charge in [0, 0.05) is 19.1 Å². The van der Waals surface area contributed by atoms with Gasteiger partial charge in [0.15, 0.2) is 0 Å². The highest BCUT2D eigenvalue weighted by Crippen LogP contribution is 2.26. The van der Waals surface area contributed by atoms with Crippen molar-refractivity contribution in [3.05, 3.63) is 35.9 Å². The zero-order valence-corrected chi connectivity index (χ0v) is 14.3. The van der Waals surface area contributed by atoms with Crippen LogP contribution in [0.5, 0.6) is 0 Å². The second kappa shape index (κ2) is 8.33. The van der Waals surface area contributed by atoms with Crippen molar-refractivity contribution in [2.75, 3.05) is 20.1 Å². The van der Waals surface area contributed by atoms with Crippen molar-refractivity contribution in [1.29, 1.82) is 0 Å². The number of amides is 1. The molecule has 0 saturated heterocycles. The number of likely N-dealkylation sites (N-methyl/N-ethyl adjacent to an activating group) is 2. The lowest BCUT2D eigenvalue weighted by atomic mass is 9.87. The van der Waals surface area contributed by atoms with Crippen LogP contribution in [0.2, 0.25) is 0 Å². The Morgan fingerprint density at radius 3 is 2.36 bits per heavy atom. The van der Waals surface area contributed by atoms with E-state index in [-0.39, 0.29) is 5.91 Å². The highest BCUT2D eigenvalue weighted by molar-refractivity contribution is 5.78. The van der Waals surface area contributed by atoms with E-state index in [1.54, 1.807) is 0 Å².